The maximum absolute atomic E-state index is 11.9. The fraction of sp³-hybridized carbons (Fsp3) is 0.222. The van der Waals surface area contributed by atoms with Crippen molar-refractivity contribution < 1.29 is 19.1 Å². The predicted octanol–water partition coefficient (Wildman–Crippen LogP) is 4.77. The minimum atomic E-state index is -0.717. The highest BCUT2D eigenvalue weighted by Crippen LogP contribution is 2.33. The van der Waals surface area contributed by atoms with Crippen molar-refractivity contribution in [2.45, 2.75) is 13.3 Å². The average Bonchev–Trinajstić information content (AvgIpc) is 2.62. The Bertz CT molecular complexity index is 811. The maximum Gasteiger partial charge on any atom is 0.344 e. The molecule has 1 amide bonds. The highest BCUT2D eigenvalue weighted by Gasteiger charge is 2.12. The Labute approximate surface area is 166 Å². The lowest BCUT2D eigenvalue weighted by molar-refractivity contribution is -0.149. The van der Waals surface area contributed by atoms with Gasteiger partial charge in [0.05, 0.1) is 15.1 Å². The molecule has 0 heterocycles. The normalized spacial score (nSPS) is 10.3. The number of anilines is 1. The van der Waals surface area contributed by atoms with Crippen molar-refractivity contribution in [1.29, 1.82) is 0 Å². The Kier molecular flexibility index (Phi) is 7.57. The van der Waals surface area contributed by atoms with E-state index in [1.807, 2.05) is 25.1 Å². The second kappa shape index (κ2) is 9.67. The minimum absolute atomic E-state index is 0.194. The van der Waals surface area contributed by atoms with Gasteiger partial charge < -0.3 is 14.8 Å². The van der Waals surface area contributed by atoms with E-state index in [2.05, 4.69) is 5.32 Å². The Hall–Kier alpha value is -1.95. The number of carbonyl (C=O) groups is 2. The molecular weight excluding hydrogens is 401 g/mol. The zero-order valence-corrected chi connectivity index (χ0v) is 16.1. The topological polar surface area (TPSA) is 64.6 Å². The molecule has 0 saturated carbocycles. The molecular formula is C18H16Cl3NO4. The number of esters is 1. The van der Waals surface area contributed by atoms with Crippen molar-refractivity contribution in [3.05, 3.63) is 57.0 Å². The fourth-order valence-corrected chi connectivity index (χ4v) is 2.67. The lowest BCUT2D eigenvalue weighted by Crippen LogP contribution is -2.24. The number of hydrogen-bond donors (Lipinski definition) is 1. The number of hydrogen-bond acceptors (Lipinski definition) is 4. The van der Waals surface area contributed by atoms with E-state index in [1.165, 1.54) is 12.1 Å². The number of ether oxygens (including phenoxy) is 2. The van der Waals surface area contributed by atoms with E-state index in [0.29, 0.717) is 5.69 Å². The van der Waals surface area contributed by atoms with Crippen LogP contribution < -0.4 is 10.1 Å². The smallest absolute Gasteiger partial charge is 0.344 e. The van der Waals surface area contributed by atoms with Gasteiger partial charge in [-0.25, -0.2) is 4.79 Å². The third-order valence-electron chi connectivity index (χ3n) is 3.36. The number of carbonyl (C=O) groups excluding carboxylic acids is 2. The quantitative estimate of drug-likeness (QED) is 0.521. The van der Waals surface area contributed by atoms with E-state index >= 15 is 0 Å². The summed E-state index contributed by atoms with van der Waals surface area (Å²) in [5.74, 6) is -0.961. The summed E-state index contributed by atoms with van der Waals surface area (Å²) in [7, 11) is 0. The molecule has 0 radical (unpaired) electrons. The van der Waals surface area contributed by atoms with Gasteiger partial charge in [0, 0.05) is 11.8 Å². The van der Waals surface area contributed by atoms with Gasteiger partial charge in [-0.15, -0.1) is 0 Å². The number of rotatable bonds is 7. The largest absolute Gasteiger partial charge is 0.480 e. The summed E-state index contributed by atoms with van der Waals surface area (Å²) in [6.07, 6.45) is 0.772. The van der Waals surface area contributed by atoms with Crippen molar-refractivity contribution in [1.82, 2.24) is 0 Å². The van der Waals surface area contributed by atoms with Gasteiger partial charge in [0.15, 0.2) is 13.2 Å². The van der Waals surface area contributed by atoms with Crippen molar-refractivity contribution in [3.63, 3.8) is 0 Å². The van der Waals surface area contributed by atoms with E-state index in [1.54, 1.807) is 6.07 Å². The highest BCUT2D eigenvalue weighted by atomic mass is 35.5. The molecule has 5 nitrogen and oxygen atoms in total. The van der Waals surface area contributed by atoms with Gasteiger partial charge in [0.25, 0.3) is 5.91 Å². The summed E-state index contributed by atoms with van der Waals surface area (Å²) in [5, 5.41) is 3.43. The molecule has 0 spiro atoms. The van der Waals surface area contributed by atoms with Gasteiger partial charge in [-0.05, 0) is 24.1 Å². The van der Waals surface area contributed by atoms with E-state index in [9.17, 15) is 9.59 Å². The van der Waals surface area contributed by atoms with Crippen LogP contribution in [0.25, 0.3) is 0 Å². The molecule has 0 atom stereocenters. The van der Waals surface area contributed by atoms with Gasteiger partial charge in [-0.3, -0.25) is 4.79 Å². The van der Waals surface area contributed by atoms with Gasteiger partial charge in [-0.1, -0.05) is 59.9 Å². The molecule has 0 aliphatic carbocycles. The molecule has 2 aromatic carbocycles. The molecule has 0 aliphatic heterocycles. The van der Waals surface area contributed by atoms with Gasteiger partial charge >= 0.3 is 5.97 Å². The summed E-state index contributed by atoms with van der Waals surface area (Å²) < 4.78 is 10.1. The third kappa shape index (κ3) is 5.80. The van der Waals surface area contributed by atoms with Crippen LogP contribution in [0.3, 0.4) is 0 Å². The molecule has 1 N–H and O–H groups in total. The van der Waals surface area contributed by atoms with Crippen LogP contribution in [0.2, 0.25) is 15.1 Å². The molecule has 0 aromatic heterocycles. The summed E-state index contributed by atoms with van der Waals surface area (Å²) in [6.45, 7) is 1.14. The molecule has 8 heteroatoms. The zero-order chi connectivity index (χ0) is 19.1. The van der Waals surface area contributed by atoms with E-state index < -0.39 is 25.1 Å². The van der Waals surface area contributed by atoms with Crippen molar-refractivity contribution in [2.75, 3.05) is 18.5 Å². The second-order valence-electron chi connectivity index (χ2n) is 5.20. The van der Waals surface area contributed by atoms with E-state index in [-0.39, 0.29) is 20.8 Å². The van der Waals surface area contributed by atoms with Crippen LogP contribution >= 0.6 is 34.8 Å². The molecule has 0 bridgehead atoms. The van der Waals surface area contributed by atoms with Crippen molar-refractivity contribution in [3.8, 4) is 5.75 Å². The highest BCUT2D eigenvalue weighted by molar-refractivity contribution is 6.43. The number of aryl methyl sites for hydroxylation is 1. The van der Waals surface area contributed by atoms with Crippen LogP contribution in [0.15, 0.2) is 36.4 Å². The van der Waals surface area contributed by atoms with E-state index in [4.69, 9.17) is 44.3 Å². The van der Waals surface area contributed by atoms with Gasteiger partial charge in [0.1, 0.15) is 5.75 Å². The maximum atomic E-state index is 11.9. The van der Waals surface area contributed by atoms with Crippen LogP contribution in [-0.4, -0.2) is 25.1 Å². The molecule has 0 unspecified atom stereocenters. The fourth-order valence-electron chi connectivity index (χ4n) is 2.08. The van der Waals surface area contributed by atoms with Crippen LogP contribution in [0.1, 0.15) is 12.5 Å². The summed E-state index contributed by atoms with van der Waals surface area (Å²) in [5.41, 5.74) is 1.68. The SMILES string of the molecule is CCc1ccccc1NC(=O)COC(=O)COc1cc(Cl)c(Cl)cc1Cl. The first kappa shape index (κ1) is 20.4. The molecule has 2 rings (SSSR count). The first-order valence-corrected chi connectivity index (χ1v) is 8.84. The minimum Gasteiger partial charge on any atom is -0.480 e. The Balaban J connectivity index is 1.81. The number of amides is 1. The second-order valence-corrected chi connectivity index (χ2v) is 6.43. The Morgan fingerprint density at radius 1 is 1.00 bits per heavy atom. The first-order chi connectivity index (χ1) is 12.4. The van der Waals surface area contributed by atoms with Crippen LogP contribution in [0, 0.1) is 0 Å². The molecule has 26 heavy (non-hydrogen) atoms. The number of nitrogens with one attached hydrogen (secondary N) is 1. The Morgan fingerprint density at radius 2 is 1.69 bits per heavy atom. The summed E-state index contributed by atoms with van der Waals surface area (Å²) >= 11 is 17.6. The standard InChI is InChI=1S/C18H16Cl3NO4/c1-2-11-5-3-4-6-15(11)22-17(23)9-26-18(24)10-25-16-8-13(20)12(19)7-14(16)21/h3-8H,2,9-10H2,1H3,(H,22,23). The lowest BCUT2D eigenvalue weighted by Gasteiger charge is -2.11. The average molecular weight is 417 g/mol. The molecule has 0 saturated heterocycles. The lowest BCUT2D eigenvalue weighted by atomic mass is 10.1. The molecule has 0 aliphatic rings. The van der Waals surface area contributed by atoms with E-state index in [0.717, 1.165) is 12.0 Å². The monoisotopic (exact) mass is 415 g/mol. The van der Waals surface area contributed by atoms with Crippen LogP contribution in [0.5, 0.6) is 5.75 Å². The van der Waals surface area contributed by atoms with Gasteiger partial charge in [-0.2, -0.15) is 0 Å². The van der Waals surface area contributed by atoms with Crippen LogP contribution in [0.4, 0.5) is 5.69 Å². The number of para-hydroxylation sites is 1. The number of halogens is 3. The molecule has 0 fully saturated rings. The first-order valence-electron chi connectivity index (χ1n) is 7.71. The predicted molar refractivity (Wildman–Crippen MR) is 102 cm³/mol. The summed E-state index contributed by atoms with van der Waals surface area (Å²) in [6, 6.07) is 10.2. The summed E-state index contributed by atoms with van der Waals surface area (Å²) in [4.78, 5) is 23.6. The van der Waals surface area contributed by atoms with Crippen LogP contribution in [-0.2, 0) is 20.7 Å². The van der Waals surface area contributed by atoms with Crippen molar-refractivity contribution >= 4 is 52.4 Å². The third-order valence-corrected chi connectivity index (χ3v) is 4.37. The molecule has 138 valence electrons. The number of benzene rings is 2. The molecule has 2 aromatic rings. The van der Waals surface area contributed by atoms with Crippen molar-refractivity contribution in [2.24, 2.45) is 0 Å². The Morgan fingerprint density at radius 3 is 2.42 bits per heavy atom. The zero-order valence-electron chi connectivity index (χ0n) is 13.9. The van der Waals surface area contributed by atoms with Gasteiger partial charge in [0.2, 0.25) is 0 Å².